The summed E-state index contributed by atoms with van der Waals surface area (Å²) in [5.74, 6) is 1.69. The van der Waals surface area contributed by atoms with Gasteiger partial charge in [-0.15, -0.1) is 0 Å². The maximum absolute atomic E-state index is 5.75. The molecule has 0 radical (unpaired) electrons. The van der Waals surface area contributed by atoms with Crippen LogP contribution in [-0.2, 0) is 6.54 Å². The van der Waals surface area contributed by atoms with Gasteiger partial charge < -0.3 is 14.5 Å². The Bertz CT molecular complexity index is 533. The summed E-state index contributed by atoms with van der Waals surface area (Å²) in [6.07, 6.45) is 0.148. The molecule has 5 heteroatoms. The molecule has 1 N–H and O–H groups in total. The van der Waals surface area contributed by atoms with Gasteiger partial charge in [0.05, 0.1) is 22.8 Å². The zero-order valence-corrected chi connectivity index (χ0v) is 13.9. The lowest BCUT2D eigenvalue weighted by Gasteiger charge is -2.14. The highest BCUT2D eigenvalue weighted by Crippen LogP contribution is 2.29. The molecule has 0 aliphatic carbocycles. The molecule has 0 saturated carbocycles. The molecule has 0 unspecified atom stereocenters. The van der Waals surface area contributed by atoms with Crippen LogP contribution in [0, 0.1) is 0 Å². The van der Waals surface area contributed by atoms with Gasteiger partial charge in [-0.05, 0) is 63.9 Å². The van der Waals surface area contributed by atoms with E-state index < -0.39 is 0 Å². The van der Waals surface area contributed by atoms with Crippen molar-refractivity contribution in [2.45, 2.75) is 26.5 Å². The Morgan fingerprint density at radius 1 is 1.26 bits per heavy atom. The number of ether oxygens (including phenoxy) is 1. The van der Waals surface area contributed by atoms with E-state index in [2.05, 4.69) is 37.2 Å². The molecule has 2 aromatic rings. The van der Waals surface area contributed by atoms with Gasteiger partial charge in [0, 0.05) is 0 Å². The molecular weight excluding hydrogens is 374 g/mol. The smallest absolute Gasteiger partial charge is 0.183 e. The van der Waals surface area contributed by atoms with E-state index in [0.717, 1.165) is 21.7 Å². The molecule has 0 saturated heterocycles. The fraction of sp³-hybridized carbons (Fsp3) is 0.286. The number of para-hydroxylation sites is 2. The Morgan fingerprint density at radius 3 is 2.63 bits per heavy atom. The van der Waals surface area contributed by atoms with Gasteiger partial charge in [0.1, 0.15) is 11.5 Å². The maximum Gasteiger partial charge on any atom is 0.183 e. The number of anilines is 1. The Hall–Kier alpha value is -0.940. The van der Waals surface area contributed by atoms with Crippen molar-refractivity contribution in [2.75, 3.05) is 5.32 Å². The summed E-state index contributed by atoms with van der Waals surface area (Å²) in [4.78, 5) is 0. The summed E-state index contributed by atoms with van der Waals surface area (Å²) in [5.41, 5.74) is 0.958. The highest BCUT2D eigenvalue weighted by Gasteiger charge is 2.08. The fourth-order valence-electron chi connectivity index (χ4n) is 1.63. The number of hydrogen-bond donors (Lipinski definition) is 1. The normalized spacial score (nSPS) is 10.8. The predicted molar refractivity (Wildman–Crippen MR) is 83.6 cm³/mol. The van der Waals surface area contributed by atoms with E-state index >= 15 is 0 Å². The summed E-state index contributed by atoms with van der Waals surface area (Å²) in [6, 6.07) is 9.82. The quantitative estimate of drug-likeness (QED) is 0.763. The van der Waals surface area contributed by atoms with Crippen LogP contribution in [0.25, 0.3) is 0 Å². The second-order valence-corrected chi connectivity index (χ2v) is 5.93. The molecule has 0 fully saturated rings. The van der Waals surface area contributed by atoms with E-state index in [1.165, 1.54) is 0 Å². The van der Waals surface area contributed by atoms with Crippen LogP contribution < -0.4 is 10.1 Å². The van der Waals surface area contributed by atoms with Crippen LogP contribution in [0.4, 0.5) is 5.69 Å². The molecule has 0 aliphatic heterocycles. The first-order valence-corrected chi connectivity index (χ1v) is 7.58. The van der Waals surface area contributed by atoms with E-state index in [1.807, 2.05) is 44.2 Å². The summed E-state index contributed by atoms with van der Waals surface area (Å²) in [6.45, 7) is 4.62. The van der Waals surface area contributed by atoms with Gasteiger partial charge in [-0.3, -0.25) is 0 Å². The lowest BCUT2D eigenvalue weighted by Crippen LogP contribution is -2.08. The minimum absolute atomic E-state index is 0.148. The van der Waals surface area contributed by atoms with Crippen molar-refractivity contribution >= 4 is 37.5 Å². The van der Waals surface area contributed by atoms with Crippen molar-refractivity contribution in [1.29, 1.82) is 0 Å². The summed E-state index contributed by atoms with van der Waals surface area (Å²) in [5, 5.41) is 3.32. The number of furan rings is 1. The van der Waals surface area contributed by atoms with Gasteiger partial charge in [-0.1, -0.05) is 12.1 Å². The van der Waals surface area contributed by atoms with Crippen LogP contribution in [0.5, 0.6) is 5.75 Å². The van der Waals surface area contributed by atoms with Gasteiger partial charge >= 0.3 is 0 Å². The van der Waals surface area contributed by atoms with Crippen molar-refractivity contribution in [3.05, 3.63) is 45.2 Å². The molecule has 1 aromatic carbocycles. The topological polar surface area (TPSA) is 34.4 Å². The van der Waals surface area contributed by atoms with Crippen LogP contribution >= 0.6 is 31.9 Å². The van der Waals surface area contributed by atoms with Gasteiger partial charge in [0.15, 0.2) is 4.67 Å². The molecule has 1 heterocycles. The SMILES string of the molecule is CC(C)Oc1ccccc1NCc1cc(Br)c(Br)o1. The lowest BCUT2D eigenvalue weighted by molar-refractivity contribution is 0.243. The van der Waals surface area contributed by atoms with Crippen molar-refractivity contribution in [2.24, 2.45) is 0 Å². The maximum atomic E-state index is 5.75. The van der Waals surface area contributed by atoms with Gasteiger partial charge in [-0.25, -0.2) is 0 Å². The van der Waals surface area contributed by atoms with Crippen molar-refractivity contribution in [1.82, 2.24) is 0 Å². The van der Waals surface area contributed by atoms with Crippen LogP contribution in [0.2, 0.25) is 0 Å². The van der Waals surface area contributed by atoms with Crippen molar-refractivity contribution in [3.63, 3.8) is 0 Å². The van der Waals surface area contributed by atoms with Crippen molar-refractivity contribution < 1.29 is 9.15 Å². The van der Waals surface area contributed by atoms with Crippen LogP contribution in [0.1, 0.15) is 19.6 Å². The van der Waals surface area contributed by atoms with Gasteiger partial charge in [0.2, 0.25) is 0 Å². The number of nitrogens with one attached hydrogen (secondary N) is 1. The molecule has 1 aromatic heterocycles. The molecule has 0 spiro atoms. The van der Waals surface area contributed by atoms with E-state index in [1.54, 1.807) is 0 Å². The van der Waals surface area contributed by atoms with E-state index in [0.29, 0.717) is 11.2 Å². The standard InChI is InChI=1S/C14H15Br2NO2/c1-9(2)18-13-6-4-3-5-12(13)17-8-10-7-11(15)14(16)19-10/h3-7,9,17H,8H2,1-2H3. The Morgan fingerprint density at radius 2 is 2.00 bits per heavy atom. The first kappa shape index (κ1) is 14.5. The van der Waals surface area contributed by atoms with E-state index in [9.17, 15) is 0 Å². The summed E-state index contributed by atoms with van der Waals surface area (Å²) >= 11 is 6.72. The Balaban J connectivity index is 2.06. The first-order chi connectivity index (χ1) is 9.06. The molecule has 3 nitrogen and oxygen atoms in total. The van der Waals surface area contributed by atoms with Crippen molar-refractivity contribution in [3.8, 4) is 5.75 Å². The summed E-state index contributed by atoms with van der Waals surface area (Å²) < 4.78 is 12.9. The van der Waals surface area contributed by atoms with Gasteiger partial charge in [-0.2, -0.15) is 0 Å². The third-order valence-electron chi connectivity index (χ3n) is 2.40. The summed E-state index contributed by atoms with van der Waals surface area (Å²) in [7, 11) is 0. The number of rotatable bonds is 5. The van der Waals surface area contributed by atoms with E-state index in [-0.39, 0.29) is 6.10 Å². The molecule has 0 amide bonds. The molecule has 0 aliphatic rings. The zero-order chi connectivity index (χ0) is 13.8. The van der Waals surface area contributed by atoms with Crippen LogP contribution in [0.3, 0.4) is 0 Å². The van der Waals surface area contributed by atoms with Crippen LogP contribution in [0.15, 0.2) is 43.9 Å². The molecule has 2 rings (SSSR count). The minimum atomic E-state index is 0.148. The second kappa shape index (κ2) is 6.48. The number of benzene rings is 1. The molecular formula is C14H15Br2NO2. The highest BCUT2D eigenvalue weighted by molar-refractivity contribution is 9.13. The number of halogens is 2. The minimum Gasteiger partial charge on any atom is -0.489 e. The molecule has 0 atom stereocenters. The fourth-order valence-corrected chi connectivity index (χ4v) is 2.29. The third-order valence-corrected chi connectivity index (χ3v) is 4.11. The third kappa shape index (κ3) is 4.01. The molecule has 0 bridgehead atoms. The predicted octanol–water partition coefficient (Wildman–Crippen LogP) is 5.20. The monoisotopic (exact) mass is 387 g/mol. The lowest BCUT2D eigenvalue weighted by atomic mass is 10.3. The largest absolute Gasteiger partial charge is 0.489 e. The van der Waals surface area contributed by atoms with E-state index in [4.69, 9.17) is 9.15 Å². The number of hydrogen-bond acceptors (Lipinski definition) is 3. The second-order valence-electron chi connectivity index (χ2n) is 4.35. The molecule has 102 valence electrons. The average molecular weight is 389 g/mol. The Labute approximate surface area is 129 Å². The highest BCUT2D eigenvalue weighted by atomic mass is 79.9. The van der Waals surface area contributed by atoms with Crippen LogP contribution in [-0.4, -0.2) is 6.10 Å². The zero-order valence-electron chi connectivity index (χ0n) is 10.7. The first-order valence-electron chi connectivity index (χ1n) is 5.99. The van der Waals surface area contributed by atoms with Gasteiger partial charge in [0.25, 0.3) is 0 Å². The average Bonchev–Trinajstić information content (AvgIpc) is 2.67. The Kier molecular flexibility index (Phi) is 4.93. The molecule has 19 heavy (non-hydrogen) atoms.